The predicted octanol–water partition coefficient (Wildman–Crippen LogP) is 3.85. The van der Waals surface area contributed by atoms with Crippen molar-refractivity contribution in [3.8, 4) is 0 Å². The summed E-state index contributed by atoms with van der Waals surface area (Å²) in [6, 6.07) is 5.62. The summed E-state index contributed by atoms with van der Waals surface area (Å²) in [6.07, 6.45) is 12.2. The summed E-state index contributed by atoms with van der Waals surface area (Å²) in [6.45, 7) is 9.04. The third-order valence-electron chi connectivity index (χ3n) is 11.7. The number of nitrogens with one attached hydrogen (secondary N) is 4. The Labute approximate surface area is 246 Å². The second-order valence-electron chi connectivity index (χ2n) is 13.6. The number of rotatable bonds is 8. The van der Waals surface area contributed by atoms with Gasteiger partial charge in [0.1, 0.15) is 0 Å². The summed E-state index contributed by atoms with van der Waals surface area (Å²) in [5.74, 6) is 2.08. The summed E-state index contributed by atoms with van der Waals surface area (Å²) < 4.78 is 0. The fourth-order valence-corrected chi connectivity index (χ4v) is 9.36. The molecule has 6 rings (SSSR count). The van der Waals surface area contributed by atoms with Crippen LogP contribution in [0.15, 0.2) is 39.9 Å². The van der Waals surface area contributed by atoms with E-state index >= 15 is 0 Å². The van der Waals surface area contributed by atoms with E-state index < -0.39 is 0 Å². The smallest absolute Gasteiger partial charge is 0.270 e. The van der Waals surface area contributed by atoms with Crippen molar-refractivity contribution in [3.05, 3.63) is 51.1 Å². The molecule has 4 N–H and O–H groups in total. The molecule has 0 bridgehead atoms. The van der Waals surface area contributed by atoms with Crippen molar-refractivity contribution in [1.82, 2.24) is 20.8 Å². The number of anilines is 1. The number of carbonyl (C=O) groups excluding carboxylic acids is 2. The monoisotopic (exact) mass is 575 g/mol. The number of hydrogen-bond acceptors (Lipinski definition) is 5. The summed E-state index contributed by atoms with van der Waals surface area (Å²) in [4.78, 5) is 52.0. The Hall–Kier alpha value is -3.36. The number of benzene rings is 1. The molecule has 4 unspecified atom stereocenters. The Morgan fingerprint density at radius 1 is 0.976 bits per heavy atom. The lowest BCUT2D eigenvalue weighted by Gasteiger charge is -2.58. The molecule has 9 heteroatoms. The van der Waals surface area contributed by atoms with Crippen LogP contribution in [0.3, 0.4) is 0 Å². The normalized spacial score (nSPS) is 33.4. The van der Waals surface area contributed by atoms with Crippen molar-refractivity contribution >= 4 is 28.3 Å². The molecule has 1 aromatic heterocycles. The maximum Gasteiger partial charge on any atom is 0.270 e. The number of nitrogens with zero attached hydrogens (tertiary/aromatic N) is 1. The number of aromatic amines is 2. The molecule has 2 heterocycles. The zero-order valence-corrected chi connectivity index (χ0v) is 25.1. The van der Waals surface area contributed by atoms with Crippen LogP contribution in [0.5, 0.6) is 0 Å². The van der Waals surface area contributed by atoms with Gasteiger partial charge in [-0.2, -0.15) is 0 Å². The molecule has 7 atom stereocenters. The number of fused-ring (bicyclic) bond motifs is 6. The summed E-state index contributed by atoms with van der Waals surface area (Å²) >= 11 is 0. The van der Waals surface area contributed by atoms with E-state index in [4.69, 9.17) is 0 Å². The molecule has 0 saturated heterocycles. The van der Waals surface area contributed by atoms with Crippen LogP contribution < -0.4 is 26.7 Å². The van der Waals surface area contributed by atoms with Gasteiger partial charge in [0.05, 0.1) is 10.8 Å². The van der Waals surface area contributed by atoms with Gasteiger partial charge in [-0.15, -0.1) is 0 Å². The number of H-pyrrole nitrogens is 2. The van der Waals surface area contributed by atoms with Crippen LogP contribution in [0.4, 0.5) is 5.69 Å². The van der Waals surface area contributed by atoms with Crippen molar-refractivity contribution in [2.45, 2.75) is 78.2 Å². The maximum absolute atomic E-state index is 13.5. The molecule has 0 spiro atoms. The van der Waals surface area contributed by atoms with E-state index in [-0.39, 0.29) is 45.7 Å². The highest BCUT2D eigenvalue weighted by Crippen LogP contribution is 2.65. The molecule has 3 fully saturated rings. The lowest BCUT2D eigenvalue weighted by molar-refractivity contribution is -0.134. The van der Waals surface area contributed by atoms with Gasteiger partial charge in [0.2, 0.25) is 11.8 Å². The summed E-state index contributed by atoms with van der Waals surface area (Å²) in [5, 5.41) is 12.1. The Morgan fingerprint density at radius 3 is 2.55 bits per heavy atom. The first kappa shape index (κ1) is 28.7. The van der Waals surface area contributed by atoms with E-state index in [1.54, 1.807) is 18.2 Å². The predicted molar refractivity (Wildman–Crippen MR) is 164 cm³/mol. The summed E-state index contributed by atoms with van der Waals surface area (Å²) in [7, 11) is 0. The highest BCUT2D eigenvalue weighted by molar-refractivity contribution is 5.89. The van der Waals surface area contributed by atoms with Crippen molar-refractivity contribution in [1.29, 1.82) is 0 Å². The first-order chi connectivity index (χ1) is 20.2. The Morgan fingerprint density at radius 2 is 1.76 bits per heavy atom. The third-order valence-corrected chi connectivity index (χ3v) is 11.7. The van der Waals surface area contributed by atoms with E-state index in [1.165, 1.54) is 0 Å². The van der Waals surface area contributed by atoms with Crippen LogP contribution in [0.1, 0.15) is 72.1 Å². The third kappa shape index (κ3) is 4.78. The zero-order valence-electron chi connectivity index (χ0n) is 25.1. The minimum atomic E-state index is -0.303. The molecule has 1 aromatic carbocycles. The SMILES string of the molecule is CCN(CCCCNC(=O)[C@H]1CCC2C3CCC4NC(=O)C=C[C@]4(C)C3CC[C@@]21C)c1ccc2c(=O)[nH][nH]c(=O)c2c1. The lowest BCUT2D eigenvalue weighted by atomic mass is 9.48. The molecule has 2 aromatic rings. The number of unbranched alkanes of at least 4 members (excludes halogenated alkanes) is 1. The van der Waals surface area contributed by atoms with Gasteiger partial charge in [0, 0.05) is 42.7 Å². The molecule has 0 radical (unpaired) electrons. The average molecular weight is 576 g/mol. The van der Waals surface area contributed by atoms with Crippen molar-refractivity contribution in [3.63, 3.8) is 0 Å². The average Bonchev–Trinajstić information content (AvgIpc) is 3.34. The first-order valence-electron chi connectivity index (χ1n) is 15.9. The largest absolute Gasteiger partial charge is 0.372 e. The van der Waals surface area contributed by atoms with E-state index in [0.717, 1.165) is 70.1 Å². The topological polar surface area (TPSA) is 127 Å². The zero-order chi connectivity index (χ0) is 29.6. The van der Waals surface area contributed by atoms with Crippen LogP contribution in [0.2, 0.25) is 0 Å². The molecule has 9 nitrogen and oxygen atoms in total. The van der Waals surface area contributed by atoms with Crippen LogP contribution in [0.25, 0.3) is 10.8 Å². The van der Waals surface area contributed by atoms with E-state index in [0.29, 0.717) is 35.1 Å². The van der Waals surface area contributed by atoms with Gasteiger partial charge >= 0.3 is 0 Å². The van der Waals surface area contributed by atoms with Gasteiger partial charge in [-0.25, -0.2) is 0 Å². The molecular weight excluding hydrogens is 530 g/mol. The minimum absolute atomic E-state index is 0.0189. The van der Waals surface area contributed by atoms with Gasteiger partial charge in [-0.3, -0.25) is 29.4 Å². The number of amides is 2. The summed E-state index contributed by atoms with van der Waals surface area (Å²) in [5.41, 5.74) is 0.376. The molecule has 3 saturated carbocycles. The Bertz CT molecular complexity index is 1510. The fourth-order valence-electron chi connectivity index (χ4n) is 9.36. The Kier molecular flexibility index (Phi) is 7.56. The molecule has 42 heavy (non-hydrogen) atoms. The second-order valence-corrected chi connectivity index (χ2v) is 13.6. The molecule has 3 aliphatic carbocycles. The molecule has 226 valence electrons. The van der Waals surface area contributed by atoms with Crippen LogP contribution in [-0.2, 0) is 9.59 Å². The minimum Gasteiger partial charge on any atom is -0.372 e. The van der Waals surface area contributed by atoms with Crippen LogP contribution in [0, 0.1) is 34.5 Å². The van der Waals surface area contributed by atoms with Crippen LogP contribution in [-0.4, -0.2) is 47.7 Å². The highest BCUT2D eigenvalue weighted by atomic mass is 16.2. The van der Waals surface area contributed by atoms with Crippen molar-refractivity contribution in [2.24, 2.45) is 34.5 Å². The molecule has 2 amide bonds. The number of carbonyl (C=O) groups is 2. The maximum atomic E-state index is 13.5. The van der Waals surface area contributed by atoms with Gasteiger partial charge in [0.25, 0.3) is 11.1 Å². The van der Waals surface area contributed by atoms with Gasteiger partial charge in [-0.1, -0.05) is 19.9 Å². The number of hydrogen-bond donors (Lipinski definition) is 4. The fraction of sp³-hybridized carbons (Fsp3) is 0.636. The number of aromatic nitrogens is 2. The van der Waals surface area contributed by atoms with Crippen molar-refractivity contribution in [2.75, 3.05) is 24.5 Å². The van der Waals surface area contributed by atoms with Crippen LogP contribution >= 0.6 is 0 Å². The molecule has 4 aliphatic rings. The highest BCUT2D eigenvalue weighted by Gasteiger charge is 2.60. The lowest BCUT2D eigenvalue weighted by Crippen LogP contribution is -2.59. The van der Waals surface area contributed by atoms with Gasteiger partial charge in [-0.05, 0) is 106 Å². The quantitative estimate of drug-likeness (QED) is 0.356. The Balaban J connectivity index is 1.02. The molecular formula is C33H45N5O4. The second kappa shape index (κ2) is 11.0. The standard InChI is InChI=1S/C33H45N5O4/c1-4-38(20-7-8-21-23(19-20)30(41)37-36-29(21)40)18-6-5-17-34-31(42)26-11-10-24-22-9-12-27-33(3,16-14-28(39)35-27)25(22)13-15-32(24,26)2/h7-8,14,16,19,22,24-27H,4-6,9-13,15,17-18H2,1-3H3,(H,34,42)(H,35,39)(H,36,40)(H,37,41)/t22?,24?,25?,26-,27?,32+,33-/m1/s1. The van der Waals surface area contributed by atoms with Gasteiger partial charge in [0.15, 0.2) is 0 Å². The van der Waals surface area contributed by atoms with E-state index in [2.05, 4.69) is 52.6 Å². The van der Waals surface area contributed by atoms with Gasteiger partial charge < -0.3 is 15.5 Å². The van der Waals surface area contributed by atoms with Crippen molar-refractivity contribution < 1.29 is 9.59 Å². The van der Waals surface area contributed by atoms with E-state index in [1.807, 2.05) is 6.07 Å². The van der Waals surface area contributed by atoms with E-state index in [9.17, 15) is 19.2 Å². The molecule has 1 aliphatic heterocycles. The first-order valence-corrected chi connectivity index (χ1v) is 15.9.